The summed E-state index contributed by atoms with van der Waals surface area (Å²) in [4.78, 5) is 8.66. The fraction of sp³-hybridized carbons (Fsp3) is 0.818. The predicted molar refractivity (Wildman–Crippen MR) is 213 cm³/mol. The van der Waals surface area contributed by atoms with Crippen LogP contribution in [0.25, 0.3) is 0 Å². The van der Waals surface area contributed by atoms with Crippen LogP contribution in [0.3, 0.4) is 0 Å². The molecule has 47 heavy (non-hydrogen) atoms. The Morgan fingerprint density at radius 3 is 1.28 bits per heavy atom. The third-order valence-electron chi connectivity index (χ3n) is 9.13. The molecule has 276 valence electrons. The molecule has 0 aliphatic heterocycles. The molecule has 0 fully saturated rings. The number of allylic oxidation sites excluding steroid dienone is 8. The lowest BCUT2D eigenvalue weighted by molar-refractivity contribution is -0.0358. The summed E-state index contributed by atoms with van der Waals surface area (Å²) in [6, 6.07) is 0. The van der Waals surface area contributed by atoms with Gasteiger partial charge in [0.2, 0.25) is 0 Å². The Bertz CT molecular complexity index is 649. The monoisotopic (exact) mass is 657 g/mol. The van der Waals surface area contributed by atoms with Crippen molar-refractivity contribution in [1.29, 1.82) is 0 Å². The molecule has 0 unspecified atom stereocenters. The van der Waals surface area contributed by atoms with Gasteiger partial charge in [0.1, 0.15) is 0 Å². The molecule has 0 rings (SSSR count). The van der Waals surface area contributed by atoms with E-state index >= 15 is 0 Å². The molecule has 0 radical (unpaired) electrons. The van der Waals surface area contributed by atoms with Gasteiger partial charge in [0.05, 0.1) is 6.10 Å². The van der Waals surface area contributed by atoms with Crippen molar-refractivity contribution in [3.63, 3.8) is 0 Å². The zero-order valence-corrected chi connectivity index (χ0v) is 32.5. The lowest BCUT2D eigenvalue weighted by atomic mass is 10.0. The third-order valence-corrected chi connectivity index (χ3v) is 9.13. The summed E-state index contributed by atoms with van der Waals surface area (Å²) < 4.78 is 0. The van der Waals surface area contributed by atoms with Crippen molar-refractivity contribution in [2.24, 2.45) is 0 Å². The largest absolute Gasteiger partial charge is 0.306 e. The molecule has 0 aliphatic rings. The van der Waals surface area contributed by atoms with Gasteiger partial charge in [0.15, 0.2) is 0 Å². The van der Waals surface area contributed by atoms with Crippen LogP contribution < -0.4 is 5.48 Å². The number of hydrogen-bond acceptors (Lipinski definition) is 3. The molecule has 3 heteroatoms. The molecule has 0 spiro atoms. The van der Waals surface area contributed by atoms with E-state index in [1.165, 1.54) is 167 Å². The standard InChI is InChI=1S/C44H84N2O/c1-5-8-10-12-14-16-18-20-22-24-26-28-30-32-34-36-39-44(47-45-41-38-43-46(4)42-7-3)40-37-35-33-31-29-27-25-23-21-19-17-15-13-11-9-6-2/h14-17,20-23,44-45H,5-13,18-19,24-43H2,1-4H3/b16-14-,17-15-,22-20-,23-21-. The van der Waals surface area contributed by atoms with Crippen molar-refractivity contribution < 1.29 is 4.84 Å². The molecule has 0 saturated heterocycles. The molecule has 0 aromatic rings. The highest BCUT2D eigenvalue weighted by Crippen LogP contribution is 2.17. The van der Waals surface area contributed by atoms with Crippen LogP contribution in [0, 0.1) is 0 Å². The molecule has 0 amide bonds. The van der Waals surface area contributed by atoms with Crippen LogP contribution in [-0.4, -0.2) is 37.7 Å². The molecule has 0 aromatic heterocycles. The Morgan fingerprint density at radius 1 is 0.447 bits per heavy atom. The van der Waals surface area contributed by atoms with Crippen LogP contribution in [0.1, 0.15) is 201 Å². The van der Waals surface area contributed by atoms with E-state index in [9.17, 15) is 0 Å². The van der Waals surface area contributed by atoms with E-state index in [0.717, 1.165) is 32.4 Å². The zero-order chi connectivity index (χ0) is 34.1. The van der Waals surface area contributed by atoms with Crippen molar-refractivity contribution in [2.75, 3.05) is 26.7 Å². The van der Waals surface area contributed by atoms with Gasteiger partial charge in [-0.3, -0.25) is 4.84 Å². The smallest absolute Gasteiger partial charge is 0.0790 e. The van der Waals surface area contributed by atoms with Gasteiger partial charge in [-0.1, -0.05) is 159 Å². The fourth-order valence-corrected chi connectivity index (χ4v) is 6.07. The van der Waals surface area contributed by atoms with Crippen molar-refractivity contribution in [3.8, 4) is 0 Å². The van der Waals surface area contributed by atoms with Gasteiger partial charge < -0.3 is 4.90 Å². The van der Waals surface area contributed by atoms with Crippen molar-refractivity contribution in [1.82, 2.24) is 10.4 Å². The maximum Gasteiger partial charge on any atom is 0.0790 e. The van der Waals surface area contributed by atoms with Gasteiger partial charge in [-0.05, 0) is 110 Å². The number of nitrogens with one attached hydrogen (secondary N) is 1. The predicted octanol–water partition coefficient (Wildman–Crippen LogP) is 14.0. The summed E-state index contributed by atoms with van der Waals surface area (Å²) in [5.41, 5.74) is 3.34. The molecular formula is C44H84N2O. The van der Waals surface area contributed by atoms with E-state index in [1.807, 2.05) is 0 Å². The lowest BCUT2D eigenvalue weighted by Crippen LogP contribution is -2.28. The average Bonchev–Trinajstić information content (AvgIpc) is 3.07. The Balaban J connectivity index is 3.99. The zero-order valence-electron chi connectivity index (χ0n) is 32.5. The van der Waals surface area contributed by atoms with Crippen LogP contribution in [0.4, 0.5) is 0 Å². The first-order valence-electron chi connectivity index (χ1n) is 20.9. The maximum atomic E-state index is 6.24. The van der Waals surface area contributed by atoms with E-state index in [-0.39, 0.29) is 0 Å². The number of rotatable bonds is 38. The van der Waals surface area contributed by atoms with Crippen molar-refractivity contribution >= 4 is 0 Å². The fourth-order valence-electron chi connectivity index (χ4n) is 6.07. The van der Waals surface area contributed by atoms with E-state index < -0.39 is 0 Å². The third kappa shape index (κ3) is 39.2. The van der Waals surface area contributed by atoms with Gasteiger partial charge in [-0.25, -0.2) is 5.48 Å². The first kappa shape index (κ1) is 45.8. The summed E-state index contributed by atoms with van der Waals surface area (Å²) in [5, 5.41) is 0. The second-order valence-electron chi connectivity index (χ2n) is 14.0. The van der Waals surface area contributed by atoms with Crippen LogP contribution in [0.5, 0.6) is 0 Å². The van der Waals surface area contributed by atoms with Crippen LogP contribution >= 0.6 is 0 Å². The maximum absolute atomic E-state index is 6.24. The second kappa shape index (κ2) is 41.0. The Hall–Kier alpha value is -1.16. The summed E-state index contributed by atoms with van der Waals surface area (Å²) in [7, 11) is 2.23. The second-order valence-corrected chi connectivity index (χ2v) is 14.0. The van der Waals surface area contributed by atoms with E-state index in [4.69, 9.17) is 4.84 Å². The van der Waals surface area contributed by atoms with E-state index in [2.05, 4.69) is 86.8 Å². The van der Waals surface area contributed by atoms with Crippen LogP contribution in [0.15, 0.2) is 48.6 Å². The minimum absolute atomic E-state index is 0.375. The van der Waals surface area contributed by atoms with Gasteiger partial charge in [0, 0.05) is 6.54 Å². The lowest BCUT2D eigenvalue weighted by Gasteiger charge is -2.19. The van der Waals surface area contributed by atoms with Gasteiger partial charge in [0.25, 0.3) is 0 Å². The minimum Gasteiger partial charge on any atom is -0.306 e. The number of nitrogens with zero attached hydrogens (tertiary/aromatic N) is 1. The topological polar surface area (TPSA) is 24.5 Å². The number of hydroxylamine groups is 1. The SMILES string of the molecule is CCCCC/C=C\C/C=C\CCCCCCCCC(CCCCCCCC/C=C\C/C=C\CCCCC)ONCCCN(C)CCC. The van der Waals surface area contributed by atoms with Crippen LogP contribution in [0.2, 0.25) is 0 Å². The highest BCUT2D eigenvalue weighted by molar-refractivity contribution is 4.93. The van der Waals surface area contributed by atoms with Crippen LogP contribution in [-0.2, 0) is 4.84 Å². The first-order valence-corrected chi connectivity index (χ1v) is 20.9. The molecule has 3 nitrogen and oxygen atoms in total. The molecule has 0 bridgehead atoms. The van der Waals surface area contributed by atoms with E-state index in [1.54, 1.807) is 0 Å². The molecular weight excluding hydrogens is 572 g/mol. The molecule has 0 aliphatic carbocycles. The van der Waals surface area contributed by atoms with E-state index in [0.29, 0.717) is 6.10 Å². The molecule has 0 saturated carbocycles. The Labute approximate surface area is 296 Å². The molecule has 0 heterocycles. The van der Waals surface area contributed by atoms with Crippen molar-refractivity contribution in [3.05, 3.63) is 48.6 Å². The molecule has 0 atom stereocenters. The van der Waals surface area contributed by atoms with Gasteiger partial charge in [-0.2, -0.15) is 0 Å². The van der Waals surface area contributed by atoms with Gasteiger partial charge >= 0.3 is 0 Å². The summed E-state index contributed by atoms with van der Waals surface area (Å²) in [6.45, 7) is 10.1. The average molecular weight is 657 g/mol. The highest BCUT2D eigenvalue weighted by atomic mass is 16.7. The number of unbranched alkanes of at least 4 members (excludes halogenated alkanes) is 18. The number of hydrogen-bond donors (Lipinski definition) is 1. The quantitative estimate of drug-likeness (QED) is 0.0406. The summed E-state index contributed by atoms with van der Waals surface area (Å²) in [6.07, 6.45) is 55.5. The minimum atomic E-state index is 0.375. The van der Waals surface area contributed by atoms with Crippen molar-refractivity contribution in [2.45, 2.75) is 207 Å². The summed E-state index contributed by atoms with van der Waals surface area (Å²) >= 11 is 0. The van der Waals surface area contributed by atoms with Gasteiger partial charge in [-0.15, -0.1) is 0 Å². The highest BCUT2D eigenvalue weighted by Gasteiger charge is 2.09. The molecule has 0 aromatic carbocycles. The Morgan fingerprint density at radius 2 is 0.851 bits per heavy atom. The Kier molecular flexibility index (Phi) is 40.0. The molecule has 1 N–H and O–H groups in total. The summed E-state index contributed by atoms with van der Waals surface area (Å²) in [5.74, 6) is 0. The normalized spacial score (nSPS) is 12.6. The first-order chi connectivity index (χ1) is 23.2.